The number of H-pyrrole nitrogens is 1. The van der Waals surface area contributed by atoms with Gasteiger partial charge in [-0.3, -0.25) is 9.78 Å². The zero-order valence-electron chi connectivity index (χ0n) is 8.10. The average Bonchev–Trinajstić information content (AvgIpc) is 2.30. The number of aromatic nitrogens is 3. The minimum absolute atomic E-state index is 0.144. The molecule has 0 atom stereocenters. The maximum Gasteiger partial charge on any atom is 0.247 e. The molecule has 0 saturated heterocycles. The molecule has 0 aliphatic heterocycles. The van der Waals surface area contributed by atoms with Crippen molar-refractivity contribution in [2.45, 2.75) is 0 Å². The van der Waals surface area contributed by atoms with Gasteiger partial charge in [-0.25, -0.2) is 4.98 Å². The summed E-state index contributed by atoms with van der Waals surface area (Å²) >= 11 is 0. The lowest BCUT2D eigenvalue weighted by molar-refractivity contribution is 0.396. The molecule has 2 aromatic heterocycles. The van der Waals surface area contributed by atoms with Gasteiger partial charge in [0.1, 0.15) is 0 Å². The van der Waals surface area contributed by atoms with Gasteiger partial charge in [0.15, 0.2) is 0 Å². The molecule has 2 aromatic rings. The van der Waals surface area contributed by atoms with E-state index in [1.54, 1.807) is 18.5 Å². The van der Waals surface area contributed by atoms with Crippen LogP contribution in [0, 0.1) is 0 Å². The van der Waals surface area contributed by atoms with Crippen LogP contribution in [-0.4, -0.2) is 22.1 Å². The van der Waals surface area contributed by atoms with Gasteiger partial charge in [-0.1, -0.05) is 0 Å². The molecule has 0 spiro atoms. The Morgan fingerprint density at radius 3 is 2.87 bits per heavy atom. The first kappa shape index (κ1) is 9.39. The number of nitrogens with one attached hydrogen (secondary N) is 1. The van der Waals surface area contributed by atoms with Crippen molar-refractivity contribution in [3.8, 4) is 17.1 Å². The molecular weight excluding hydrogens is 194 g/mol. The summed E-state index contributed by atoms with van der Waals surface area (Å²) in [5.41, 5.74) is 1.31. The molecule has 2 rings (SSSR count). The van der Waals surface area contributed by atoms with Crippen LogP contribution in [0.4, 0.5) is 0 Å². The van der Waals surface area contributed by atoms with Crippen LogP contribution in [0.25, 0.3) is 11.3 Å². The van der Waals surface area contributed by atoms with E-state index >= 15 is 0 Å². The van der Waals surface area contributed by atoms with Crippen molar-refractivity contribution in [2.24, 2.45) is 0 Å². The molecule has 5 nitrogen and oxygen atoms in total. The first-order valence-electron chi connectivity index (χ1n) is 4.35. The van der Waals surface area contributed by atoms with Gasteiger partial charge in [-0.05, 0) is 6.07 Å². The second-order valence-corrected chi connectivity index (χ2v) is 2.89. The normalized spacial score (nSPS) is 9.93. The van der Waals surface area contributed by atoms with Gasteiger partial charge in [0.05, 0.1) is 25.2 Å². The highest BCUT2D eigenvalue weighted by Gasteiger charge is 2.01. The Bertz CT molecular complexity index is 502. The summed E-state index contributed by atoms with van der Waals surface area (Å²) in [6.45, 7) is 0. The fourth-order valence-electron chi connectivity index (χ4n) is 1.16. The Kier molecular flexibility index (Phi) is 2.45. The third kappa shape index (κ3) is 2.01. The number of nitrogens with zero attached hydrogens (tertiary/aromatic N) is 2. The second kappa shape index (κ2) is 3.91. The molecule has 0 aliphatic rings. The van der Waals surface area contributed by atoms with Crippen molar-refractivity contribution in [2.75, 3.05) is 7.11 Å². The smallest absolute Gasteiger partial charge is 0.247 e. The van der Waals surface area contributed by atoms with Gasteiger partial charge in [0.25, 0.3) is 0 Å². The first-order chi connectivity index (χ1) is 7.29. The van der Waals surface area contributed by atoms with Gasteiger partial charge < -0.3 is 9.72 Å². The molecule has 0 aromatic carbocycles. The maximum absolute atomic E-state index is 10.9. The van der Waals surface area contributed by atoms with E-state index < -0.39 is 0 Å². The minimum atomic E-state index is -0.144. The molecule has 5 heteroatoms. The number of hydrogen-bond acceptors (Lipinski definition) is 4. The van der Waals surface area contributed by atoms with E-state index in [0.717, 1.165) is 5.56 Å². The van der Waals surface area contributed by atoms with E-state index in [-0.39, 0.29) is 5.56 Å². The fraction of sp³-hybridized carbons (Fsp3) is 0.100. The van der Waals surface area contributed by atoms with E-state index in [2.05, 4.69) is 15.0 Å². The summed E-state index contributed by atoms with van der Waals surface area (Å²) in [5.74, 6) is 0.443. The largest absolute Gasteiger partial charge is 0.480 e. The third-order valence-corrected chi connectivity index (χ3v) is 1.90. The lowest BCUT2D eigenvalue weighted by Gasteiger charge is -2.01. The second-order valence-electron chi connectivity index (χ2n) is 2.89. The molecule has 76 valence electrons. The van der Waals surface area contributed by atoms with Crippen LogP contribution in [0.1, 0.15) is 0 Å². The zero-order chi connectivity index (χ0) is 10.7. The Morgan fingerprint density at radius 1 is 1.33 bits per heavy atom. The van der Waals surface area contributed by atoms with Crippen molar-refractivity contribution >= 4 is 0 Å². The Balaban J connectivity index is 2.44. The highest BCUT2D eigenvalue weighted by molar-refractivity contribution is 5.56. The lowest BCUT2D eigenvalue weighted by Crippen LogP contribution is -2.02. The van der Waals surface area contributed by atoms with Crippen molar-refractivity contribution in [3.63, 3.8) is 0 Å². The molecule has 1 N–H and O–H groups in total. The summed E-state index contributed by atoms with van der Waals surface area (Å²) in [6.07, 6.45) is 4.72. The molecule has 0 amide bonds. The van der Waals surface area contributed by atoms with Crippen LogP contribution in [0.5, 0.6) is 5.88 Å². The van der Waals surface area contributed by atoms with Crippen LogP contribution in [0.15, 0.2) is 35.5 Å². The number of methoxy groups -OCH3 is 1. The SMILES string of the molecule is COc1cncc(-c2ccc(=O)[nH]c2)n1. The third-order valence-electron chi connectivity index (χ3n) is 1.90. The summed E-state index contributed by atoms with van der Waals surface area (Å²) < 4.78 is 4.95. The standard InChI is InChI=1S/C10H9N3O2/c1-15-10-6-11-5-8(13-10)7-2-3-9(14)12-4-7/h2-6H,1H3,(H,12,14). The highest BCUT2D eigenvalue weighted by atomic mass is 16.5. The quantitative estimate of drug-likeness (QED) is 0.785. The van der Waals surface area contributed by atoms with Crippen molar-refractivity contribution in [1.29, 1.82) is 0 Å². The van der Waals surface area contributed by atoms with Crippen LogP contribution in [0.3, 0.4) is 0 Å². The average molecular weight is 203 g/mol. The van der Waals surface area contributed by atoms with Crippen LogP contribution in [0.2, 0.25) is 0 Å². The predicted octanol–water partition coefficient (Wildman–Crippen LogP) is 0.840. The fourth-order valence-corrected chi connectivity index (χ4v) is 1.16. The number of hydrogen-bond donors (Lipinski definition) is 1. The van der Waals surface area contributed by atoms with E-state index in [9.17, 15) is 4.79 Å². The molecule has 2 heterocycles. The molecule has 0 unspecified atom stereocenters. The Labute approximate surface area is 85.8 Å². The molecule has 0 bridgehead atoms. The lowest BCUT2D eigenvalue weighted by atomic mass is 10.2. The number of aromatic amines is 1. The van der Waals surface area contributed by atoms with Crippen LogP contribution < -0.4 is 10.3 Å². The van der Waals surface area contributed by atoms with E-state index in [1.807, 2.05) is 0 Å². The zero-order valence-corrected chi connectivity index (χ0v) is 8.10. The van der Waals surface area contributed by atoms with Gasteiger partial charge in [0, 0.05) is 17.8 Å². The van der Waals surface area contributed by atoms with Crippen molar-refractivity contribution in [3.05, 3.63) is 41.1 Å². The molecule has 0 fully saturated rings. The summed E-state index contributed by atoms with van der Waals surface area (Å²) in [7, 11) is 1.53. The highest BCUT2D eigenvalue weighted by Crippen LogP contribution is 2.15. The molecule has 0 saturated carbocycles. The number of pyridine rings is 1. The van der Waals surface area contributed by atoms with Gasteiger partial charge in [-0.2, -0.15) is 0 Å². The Morgan fingerprint density at radius 2 is 2.20 bits per heavy atom. The van der Waals surface area contributed by atoms with Crippen LogP contribution >= 0.6 is 0 Å². The molecule has 15 heavy (non-hydrogen) atoms. The number of rotatable bonds is 2. The summed E-state index contributed by atoms with van der Waals surface area (Å²) in [5, 5.41) is 0. The predicted molar refractivity (Wildman–Crippen MR) is 54.6 cm³/mol. The van der Waals surface area contributed by atoms with Crippen molar-refractivity contribution < 1.29 is 4.74 Å². The topological polar surface area (TPSA) is 67.9 Å². The van der Waals surface area contributed by atoms with E-state index in [0.29, 0.717) is 11.6 Å². The molecular formula is C10H9N3O2. The van der Waals surface area contributed by atoms with Gasteiger partial charge in [0.2, 0.25) is 11.4 Å². The summed E-state index contributed by atoms with van der Waals surface area (Å²) in [4.78, 5) is 21.6. The van der Waals surface area contributed by atoms with Crippen LogP contribution in [-0.2, 0) is 0 Å². The van der Waals surface area contributed by atoms with Crippen molar-refractivity contribution in [1.82, 2.24) is 15.0 Å². The number of ether oxygens (including phenoxy) is 1. The van der Waals surface area contributed by atoms with Gasteiger partial charge in [-0.15, -0.1) is 0 Å². The minimum Gasteiger partial charge on any atom is -0.480 e. The molecule has 0 radical (unpaired) electrons. The van der Waals surface area contributed by atoms with E-state index in [1.165, 1.54) is 19.4 Å². The van der Waals surface area contributed by atoms with Gasteiger partial charge >= 0.3 is 0 Å². The Hall–Kier alpha value is -2.17. The van der Waals surface area contributed by atoms with E-state index in [4.69, 9.17) is 4.74 Å². The monoisotopic (exact) mass is 203 g/mol. The maximum atomic E-state index is 10.9. The molecule has 0 aliphatic carbocycles. The first-order valence-corrected chi connectivity index (χ1v) is 4.35. The summed E-state index contributed by atoms with van der Waals surface area (Å²) in [6, 6.07) is 3.12.